The van der Waals surface area contributed by atoms with Crippen molar-refractivity contribution in [2.24, 2.45) is 29.6 Å². The number of unbranched alkanes of at least 4 members (excludes halogenated alkanes) is 4. The zero-order valence-corrected chi connectivity index (χ0v) is 23.3. The second-order valence-corrected chi connectivity index (χ2v) is 12.3. The van der Waals surface area contributed by atoms with Crippen LogP contribution in [0.4, 0.5) is 0 Å². The Morgan fingerprint density at radius 1 is 1.08 bits per heavy atom. The van der Waals surface area contributed by atoms with Crippen LogP contribution in [0.1, 0.15) is 99.3 Å². The molecule has 0 spiro atoms. The molecule has 3 fully saturated rings. The molecule has 10 atom stereocenters. The molecule has 204 valence electrons. The molecule has 2 saturated heterocycles. The molecule has 10 unspecified atom stereocenters. The summed E-state index contributed by atoms with van der Waals surface area (Å²) in [6.07, 6.45) is 9.77. The first kappa shape index (κ1) is 27.6. The Morgan fingerprint density at radius 2 is 1.83 bits per heavy atom. The lowest BCUT2D eigenvalue weighted by molar-refractivity contribution is -0.202. The summed E-state index contributed by atoms with van der Waals surface area (Å²) in [4.78, 5) is 25.1. The molecule has 0 aromatic carbocycles. The third-order valence-electron chi connectivity index (χ3n) is 9.48. The molecular weight excluding hydrogens is 456 g/mol. The van der Waals surface area contributed by atoms with E-state index >= 15 is 0 Å². The van der Waals surface area contributed by atoms with Gasteiger partial charge in [0.25, 0.3) is 0 Å². The van der Waals surface area contributed by atoms with Gasteiger partial charge in [0, 0.05) is 31.6 Å². The van der Waals surface area contributed by atoms with E-state index in [0.717, 1.165) is 32.1 Å². The number of ether oxygens (including phenoxy) is 4. The van der Waals surface area contributed by atoms with Gasteiger partial charge in [-0.1, -0.05) is 58.1 Å². The Morgan fingerprint density at radius 3 is 2.56 bits per heavy atom. The fraction of sp³-hybridized carbons (Fsp3) is 0.867. The first-order chi connectivity index (χ1) is 17.2. The molecule has 1 saturated carbocycles. The highest BCUT2D eigenvalue weighted by molar-refractivity contribution is 5.69. The van der Waals surface area contributed by atoms with Gasteiger partial charge in [-0.05, 0) is 50.9 Å². The smallest absolute Gasteiger partial charge is 0.306 e. The van der Waals surface area contributed by atoms with Crippen molar-refractivity contribution < 1.29 is 28.5 Å². The second-order valence-electron chi connectivity index (χ2n) is 12.3. The van der Waals surface area contributed by atoms with Crippen molar-refractivity contribution >= 4 is 11.9 Å². The minimum absolute atomic E-state index is 0.0351. The zero-order valence-electron chi connectivity index (χ0n) is 23.3. The molecule has 6 nitrogen and oxygen atoms in total. The van der Waals surface area contributed by atoms with Crippen molar-refractivity contribution in [1.82, 2.24) is 0 Å². The van der Waals surface area contributed by atoms with Gasteiger partial charge in [0.2, 0.25) is 0 Å². The molecule has 0 amide bonds. The zero-order chi connectivity index (χ0) is 26.0. The van der Waals surface area contributed by atoms with E-state index in [2.05, 4.69) is 40.7 Å². The monoisotopic (exact) mass is 504 g/mol. The topological polar surface area (TPSA) is 71.1 Å². The third-order valence-corrected chi connectivity index (χ3v) is 9.48. The van der Waals surface area contributed by atoms with E-state index in [0.29, 0.717) is 31.3 Å². The summed E-state index contributed by atoms with van der Waals surface area (Å²) in [5.41, 5.74) is 0.481. The van der Waals surface area contributed by atoms with Crippen LogP contribution in [0.25, 0.3) is 0 Å². The van der Waals surface area contributed by atoms with Gasteiger partial charge in [0.15, 0.2) is 0 Å². The Hall–Kier alpha value is -1.40. The minimum atomic E-state index is -0.749. The van der Waals surface area contributed by atoms with E-state index in [4.69, 9.17) is 18.9 Å². The number of carbonyl (C=O) groups excluding carboxylic acids is 2. The molecule has 4 rings (SSSR count). The maximum Gasteiger partial charge on any atom is 0.306 e. The highest BCUT2D eigenvalue weighted by atomic mass is 16.6. The number of hydrogen-bond donors (Lipinski definition) is 0. The van der Waals surface area contributed by atoms with Gasteiger partial charge < -0.3 is 18.9 Å². The van der Waals surface area contributed by atoms with Crippen LogP contribution in [-0.4, -0.2) is 48.6 Å². The average molecular weight is 505 g/mol. The van der Waals surface area contributed by atoms with Gasteiger partial charge >= 0.3 is 11.9 Å². The second kappa shape index (κ2) is 11.6. The first-order valence-electron chi connectivity index (χ1n) is 14.5. The van der Waals surface area contributed by atoms with E-state index in [-0.39, 0.29) is 48.0 Å². The Labute approximate surface area is 217 Å². The molecule has 6 heteroatoms. The third kappa shape index (κ3) is 5.55. The molecular formula is C30H48O6. The molecule has 0 aromatic rings. The number of carbonyl (C=O) groups is 2. The van der Waals surface area contributed by atoms with Gasteiger partial charge in [-0.25, -0.2) is 0 Å². The quantitative estimate of drug-likeness (QED) is 0.229. The summed E-state index contributed by atoms with van der Waals surface area (Å²) >= 11 is 0. The highest BCUT2D eigenvalue weighted by Crippen LogP contribution is 2.57. The number of rotatable bonds is 8. The Balaban J connectivity index is 1.63. The lowest BCUT2D eigenvalue weighted by atomic mass is 9.59. The van der Waals surface area contributed by atoms with Crippen molar-refractivity contribution in [1.29, 1.82) is 0 Å². The highest BCUT2D eigenvalue weighted by Gasteiger charge is 2.65. The normalized spacial score (nSPS) is 41.8. The van der Waals surface area contributed by atoms with Crippen molar-refractivity contribution in [3.63, 3.8) is 0 Å². The van der Waals surface area contributed by atoms with Crippen LogP contribution in [0.15, 0.2) is 11.6 Å². The van der Waals surface area contributed by atoms with Crippen molar-refractivity contribution in [3.05, 3.63) is 11.6 Å². The Bertz CT molecular complexity index is 822. The SMILES string of the molecule is CCCCCCCC(=O)OC1CC=C(C)CC2OC3C4C(CC(C)C(OC(C)=O)C24)C(C)COC13C. The fourth-order valence-corrected chi connectivity index (χ4v) is 7.55. The van der Waals surface area contributed by atoms with Gasteiger partial charge in [-0.3, -0.25) is 9.59 Å². The maximum atomic E-state index is 13.0. The van der Waals surface area contributed by atoms with E-state index in [1.165, 1.54) is 25.3 Å². The molecule has 36 heavy (non-hydrogen) atoms. The van der Waals surface area contributed by atoms with Gasteiger partial charge in [0.1, 0.15) is 17.8 Å². The van der Waals surface area contributed by atoms with Crippen molar-refractivity contribution in [2.45, 2.75) is 129 Å². The van der Waals surface area contributed by atoms with E-state index < -0.39 is 11.7 Å². The summed E-state index contributed by atoms with van der Waals surface area (Å²) in [5.74, 6) is 1.01. The van der Waals surface area contributed by atoms with Crippen LogP contribution >= 0.6 is 0 Å². The Kier molecular flexibility index (Phi) is 8.87. The number of hydrogen-bond acceptors (Lipinski definition) is 6. The van der Waals surface area contributed by atoms with Crippen LogP contribution in [0.5, 0.6) is 0 Å². The minimum Gasteiger partial charge on any atom is -0.462 e. The van der Waals surface area contributed by atoms with Gasteiger partial charge in [-0.15, -0.1) is 0 Å². The largest absolute Gasteiger partial charge is 0.462 e. The predicted octanol–water partition coefficient (Wildman–Crippen LogP) is 6.01. The van der Waals surface area contributed by atoms with E-state index in [1.807, 2.05) is 0 Å². The van der Waals surface area contributed by atoms with Crippen LogP contribution in [0, 0.1) is 29.6 Å². The lowest BCUT2D eigenvalue weighted by Gasteiger charge is -2.47. The molecule has 4 aliphatic rings. The summed E-state index contributed by atoms with van der Waals surface area (Å²) in [6.45, 7) is 13.0. The average Bonchev–Trinajstić information content (AvgIpc) is 3.17. The van der Waals surface area contributed by atoms with Crippen molar-refractivity contribution in [2.75, 3.05) is 6.61 Å². The predicted molar refractivity (Wildman–Crippen MR) is 138 cm³/mol. The molecule has 0 aromatic heterocycles. The molecule has 0 radical (unpaired) electrons. The van der Waals surface area contributed by atoms with Crippen molar-refractivity contribution in [3.8, 4) is 0 Å². The van der Waals surface area contributed by atoms with Gasteiger partial charge in [0.05, 0.1) is 18.8 Å². The first-order valence-corrected chi connectivity index (χ1v) is 14.5. The van der Waals surface area contributed by atoms with Gasteiger partial charge in [-0.2, -0.15) is 0 Å². The van der Waals surface area contributed by atoms with Crippen LogP contribution in [0.3, 0.4) is 0 Å². The summed E-state index contributed by atoms with van der Waals surface area (Å²) in [6, 6.07) is 0. The molecule has 2 bridgehead atoms. The summed E-state index contributed by atoms with van der Waals surface area (Å²) in [5, 5.41) is 0. The van der Waals surface area contributed by atoms with Crippen LogP contribution in [0.2, 0.25) is 0 Å². The fourth-order valence-electron chi connectivity index (χ4n) is 7.55. The molecule has 0 N–H and O–H groups in total. The summed E-state index contributed by atoms with van der Waals surface area (Å²) < 4.78 is 25.9. The molecule has 1 aliphatic carbocycles. The maximum absolute atomic E-state index is 13.0. The molecule has 3 aliphatic heterocycles. The van der Waals surface area contributed by atoms with Crippen LogP contribution in [-0.2, 0) is 28.5 Å². The van der Waals surface area contributed by atoms with Crippen LogP contribution < -0.4 is 0 Å². The summed E-state index contributed by atoms with van der Waals surface area (Å²) in [7, 11) is 0. The van der Waals surface area contributed by atoms with E-state index in [9.17, 15) is 9.59 Å². The number of fused-ring (bicyclic) bond motifs is 2. The molecule has 3 heterocycles. The van der Waals surface area contributed by atoms with E-state index in [1.54, 1.807) is 0 Å². The standard InChI is InChI=1S/C30H48O6/c1-7-8-9-10-11-12-25(32)36-24-14-13-18(2)15-23-27-26-22(16-19(3)28(27)34-21(5)31)20(4)17-33-30(24,6)29(26)35-23/h13,19-20,22-24,26-29H,7-12,14-17H2,1-6H3. The lowest BCUT2D eigenvalue weighted by Crippen LogP contribution is -2.57. The number of esters is 2.